The van der Waals surface area contributed by atoms with E-state index >= 15 is 0 Å². The average molecular weight is 522 g/mol. The van der Waals surface area contributed by atoms with Gasteiger partial charge in [0.2, 0.25) is 0 Å². The Morgan fingerprint density at radius 2 is 2.07 bits per heavy atom. The van der Waals surface area contributed by atoms with E-state index in [1.54, 1.807) is 7.11 Å². The van der Waals surface area contributed by atoms with Crippen molar-refractivity contribution in [2.45, 2.75) is 31.1 Å². The van der Waals surface area contributed by atoms with Crippen LogP contribution in [0.1, 0.15) is 26.2 Å². The second-order valence-corrected chi connectivity index (χ2v) is 8.32. The fraction of sp³-hybridized carbons (Fsp3) is 0.667. The summed E-state index contributed by atoms with van der Waals surface area (Å²) in [5, 5.41) is 3.53. The monoisotopic (exact) mass is 521 g/mol. The molecule has 0 aliphatic carbocycles. The third kappa shape index (κ3) is 8.78. The van der Waals surface area contributed by atoms with Crippen molar-refractivity contribution in [1.82, 2.24) is 10.2 Å². The van der Waals surface area contributed by atoms with Gasteiger partial charge in [-0.1, -0.05) is 19.1 Å². The Bertz CT molecular complexity index is 583. The van der Waals surface area contributed by atoms with E-state index in [-0.39, 0.29) is 24.0 Å². The Kier molecular flexibility index (Phi) is 13.0. The number of rotatable bonds is 9. The highest BCUT2D eigenvalue weighted by Gasteiger charge is 2.16. The lowest BCUT2D eigenvalue weighted by atomic mass is 9.96. The molecule has 2 rings (SSSR count). The first-order valence-electron chi connectivity index (χ1n) is 9.89. The van der Waals surface area contributed by atoms with Crippen LogP contribution < -0.4 is 10.1 Å². The topological polar surface area (TPSA) is 46.1 Å². The van der Waals surface area contributed by atoms with Gasteiger partial charge in [-0.05, 0) is 43.2 Å². The van der Waals surface area contributed by atoms with E-state index in [4.69, 9.17) is 9.47 Å². The molecule has 1 atom stereocenters. The first-order chi connectivity index (χ1) is 13.1. The highest BCUT2D eigenvalue weighted by molar-refractivity contribution is 14.0. The molecule has 160 valence electrons. The largest absolute Gasteiger partial charge is 0.496 e. The number of ether oxygens (including phenoxy) is 2. The standard InChI is InChI=1S/C21H35N3O2S.HI/c1-17(16-27-20-8-6-5-7-19(20)25-4)15-23-21(22-2)24(3)12-9-18-10-13-26-14-11-18;/h5-8,17-18H,9-16H2,1-4H3,(H,22,23);1H. The SMILES string of the molecule is CN=C(NCC(C)CSc1ccccc1OC)N(C)CCC1CCOCC1.I. The number of nitrogens with one attached hydrogen (secondary N) is 1. The van der Waals surface area contributed by atoms with Gasteiger partial charge in [0.25, 0.3) is 0 Å². The molecule has 0 spiro atoms. The molecule has 0 radical (unpaired) electrons. The molecule has 0 bridgehead atoms. The lowest BCUT2D eigenvalue weighted by Gasteiger charge is -2.27. The summed E-state index contributed by atoms with van der Waals surface area (Å²) in [5.41, 5.74) is 0. The third-order valence-electron chi connectivity index (χ3n) is 4.99. The number of guanidine groups is 1. The molecular weight excluding hydrogens is 485 g/mol. The highest BCUT2D eigenvalue weighted by atomic mass is 127. The zero-order valence-electron chi connectivity index (χ0n) is 17.6. The minimum Gasteiger partial charge on any atom is -0.496 e. The van der Waals surface area contributed by atoms with Crippen LogP contribution in [-0.2, 0) is 4.74 Å². The van der Waals surface area contributed by atoms with Gasteiger partial charge in [0.1, 0.15) is 5.75 Å². The van der Waals surface area contributed by atoms with Crippen molar-refractivity contribution >= 4 is 41.7 Å². The quantitative estimate of drug-likeness (QED) is 0.227. The minimum atomic E-state index is 0. The molecule has 1 aliphatic heterocycles. The summed E-state index contributed by atoms with van der Waals surface area (Å²) in [5.74, 6) is 4.29. The Balaban J connectivity index is 0.00000392. The molecular formula is C21H36IN3O2S. The van der Waals surface area contributed by atoms with Gasteiger partial charge in [-0.25, -0.2) is 0 Å². The van der Waals surface area contributed by atoms with E-state index in [1.807, 2.05) is 30.9 Å². The van der Waals surface area contributed by atoms with Gasteiger partial charge in [0, 0.05) is 51.0 Å². The fourth-order valence-electron chi connectivity index (χ4n) is 3.20. The summed E-state index contributed by atoms with van der Waals surface area (Å²) in [6, 6.07) is 8.20. The molecule has 5 nitrogen and oxygen atoms in total. The van der Waals surface area contributed by atoms with Crippen LogP contribution in [0.25, 0.3) is 0 Å². The van der Waals surface area contributed by atoms with Crippen molar-refractivity contribution in [3.8, 4) is 5.75 Å². The molecule has 7 heteroatoms. The first kappa shape index (κ1) is 25.4. The lowest BCUT2D eigenvalue weighted by molar-refractivity contribution is 0.0625. The summed E-state index contributed by atoms with van der Waals surface area (Å²) in [6.07, 6.45) is 3.59. The summed E-state index contributed by atoms with van der Waals surface area (Å²) in [6.45, 7) is 6.06. The number of nitrogens with zero attached hydrogens (tertiary/aromatic N) is 2. The Morgan fingerprint density at radius 3 is 2.75 bits per heavy atom. The first-order valence-corrected chi connectivity index (χ1v) is 10.9. The summed E-state index contributed by atoms with van der Waals surface area (Å²) in [4.78, 5) is 7.89. The van der Waals surface area contributed by atoms with E-state index in [2.05, 4.69) is 41.3 Å². The predicted molar refractivity (Wildman–Crippen MR) is 130 cm³/mol. The summed E-state index contributed by atoms with van der Waals surface area (Å²) in [7, 11) is 5.72. The Labute approximate surface area is 192 Å². The smallest absolute Gasteiger partial charge is 0.193 e. The van der Waals surface area contributed by atoms with Crippen LogP contribution in [0, 0.1) is 11.8 Å². The third-order valence-corrected chi connectivity index (χ3v) is 6.37. The molecule has 1 heterocycles. The van der Waals surface area contributed by atoms with Crippen LogP contribution in [0.15, 0.2) is 34.2 Å². The van der Waals surface area contributed by atoms with Gasteiger partial charge >= 0.3 is 0 Å². The Hall–Kier alpha value is -0.670. The molecule has 28 heavy (non-hydrogen) atoms. The molecule has 1 aromatic rings. The summed E-state index contributed by atoms with van der Waals surface area (Å²) < 4.78 is 10.9. The molecule has 1 unspecified atom stereocenters. The maximum absolute atomic E-state index is 5.45. The molecule has 1 saturated heterocycles. The van der Waals surface area contributed by atoms with Gasteiger partial charge < -0.3 is 19.7 Å². The van der Waals surface area contributed by atoms with Crippen LogP contribution in [0.4, 0.5) is 0 Å². The van der Waals surface area contributed by atoms with Gasteiger partial charge in [-0.2, -0.15) is 0 Å². The van der Waals surface area contributed by atoms with Crippen molar-refractivity contribution in [2.24, 2.45) is 16.8 Å². The molecule has 0 amide bonds. The van der Waals surface area contributed by atoms with Gasteiger partial charge in [0.05, 0.1) is 7.11 Å². The van der Waals surface area contributed by atoms with Crippen molar-refractivity contribution in [3.05, 3.63) is 24.3 Å². The molecule has 1 aliphatic rings. The number of methoxy groups -OCH3 is 1. The van der Waals surface area contributed by atoms with Crippen LogP contribution in [0.2, 0.25) is 0 Å². The average Bonchev–Trinajstić information content (AvgIpc) is 2.72. The number of benzene rings is 1. The molecule has 0 aromatic heterocycles. The number of thioether (sulfide) groups is 1. The van der Waals surface area contributed by atoms with Crippen molar-refractivity contribution in [2.75, 3.05) is 53.3 Å². The number of hydrogen-bond donors (Lipinski definition) is 1. The van der Waals surface area contributed by atoms with Crippen molar-refractivity contribution in [1.29, 1.82) is 0 Å². The van der Waals surface area contributed by atoms with Crippen molar-refractivity contribution in [3.63, 3.8) is 0 Å². The van der Waals surface area contributed by atoms with E-state index in [0.717, 1.165) is 49.7 Å². The zero-order chi connectivity index (χ0) is 19.5. The molecule has 1 aromatic carbocycles. The van der Waals surface area contributed by atoms with Gasteiger partial charge in [-0.15, -0.1) is 35.7 Å². The molecule has 1 N–H and O–H groups in total. The number of hydrogen-bond acceptors (Lipinski definition) is 4. The summed E-state index contributed by atoms with van der Waals surface area (Å²) >= 11 is 1.85. The Morgan fingerprint density at radius 1 is 1.36 bits per heavy atom. The van der Waals surface area contributed by atoms with E-state index < -0.39 is 0 Å². The van der Waals surface area contributed by atoms with Crippen LogP contribution in [0.3, 0.4) is 0 Å². The number of halogens is 1. The second kappa shape index (κ2) is 14.3. The van der Waals surface area contributed by atoms with E-state index in [0.29, 0.717) is 5.92 Å². The van der Waals surface area contributed by atoms with Crippen LogP contribution in [-0.4, -0.2) is 64.1 Å². The maximum Gasteiger partial charge on any atom is 0.193 e. The molecule has 0 saturated carbocycles. The van der Waals surface area contributed by atoms with Gasteiger partial charge in [0.15, 0.2) is 5.96 Å². The number of para-hydroxylation sites is 1. The lowest BCUT2D eigenvalue weighted by Crippen LogP contribution is -2.42. The minimum absolute atomic E-state index is 0. The normalized spacial score (nSPS) is 16.2. The fourth-order valence-corrected chi connectivity index (χ4v) is 4.25. The second-order valence-electron chi connectivity index (χ2n) is 7.26. The van der Waals surface area contributed by atoms with Gasteiger partial charge in [-0.3, -0.25) is 4.99 Å². The van der Waals surface area contributed by atoms with Crippen LogP contribution >= 0.6 is 35.7 Å². The maximum atomic E-state index is 5.45. The van der Waals surface area contributed by atoms with E-state index in [9.17, 15) is 0 Å². The predicted octanol–water partition coefficient (Wildman–Crippen LogP) is 4.37. The van der Waals surface area contributed by atoms with Crippen LogP contribution in [0.5, 0.6) is 5.75 Å². The zero-order valence-corrected chi connectivity index (χ0v) is 20.8. The van der Waals surface area contributed by atoms with E-state index in [1.165, 1.54) is 24.2 Å². The molecule has 1 fully saturated rings. The highest BCUT2D eigenvalue weighted by Crippen LogP contribution is 2.29. The number of aliphatic imine (C=N–C) groups is 1. The van der Waals surface area contributed by atoms with Crippen molar-refractivity contribution < 1.29 is 9.47 Å².